The molecule has 0 saturated carbocycles. The number of halogens is 1. The Morgan fingerprint density at radius 1 is 1.03 bits per heavy atom. The van der Waals surface area contributed by atoms with Gasteiger partial charge in [0.15, 0.2) is 0 Å². The van der Waals surface area contributed by atoms with Crippen LogP contribution < -0.4 is 0 Å². The van der Waals surface area contributed by atoms with Gasteiger partial charge in [0.25, 0.3) is 0 Å². The first-order valence-electron chi connectivity index (χ1n) is 11.1. The first kappa shape index (κ1) is 24.0. The molecule has 2 heterocycles. The van der Waals surface area contributed by atoms with Gasteiger partial charge in [-0.05, 0) is 48.2 Å². The number of aromatic nitrogens is 1. The molecule has 3 aromatic rings. The number of nitrogens with zero attached hydrogens (tertiary/aromatic N) is 3. The predicted molar refractivity (Wildman–Crippen MR) is 131 cm³/mol. The van der Waals surface area contributed by atoms with E-state index < -0.39 is 10.0 Å². The van der Waals surface area contributed by atoms with Crippen LogP contribution in [0.3, 0.4) is 0 Å². The summed E-state index contributed by atoms with van der Waals surface area (Å²) in [6.45, 7) is 11.0. The molecule has 0 bridgehead atoms. The second-order valence-electron chi connectivity index (χ2n) is 9.49. The van der Waals surface area contributed by atoms with E-state index in [0.717, 1.165) is 22.6 Å². The maximum Gasteiger partial charge on any atom is 0.243 e. The van der Waals surface area contributed by atoms with Crippen molar-refractivity contribution in [2.24, 2.45) is 0 Å². The summed E-state index contributed by atoms with van der Waals surface area (Å²) in [7, 11) is -3.50. The summed E-state index contributed by atoms with van der Waals surface area (Å²) in [5.41, 5.74) is 2.80. The topological polar surface area (TPSA) is 66.7 Å². The quantitative estimate of drug-likeness (QED) is 0.500. The molecule has 176 valence electrons. The summed E-state index contributed by atoms with van der Waals surface area (Å²) < 4.78 is 33.7. The SMILES string of the molecule is Cc1oc(-c2cccc(Cl)c2)nc1CN1CCN(S(=O)(=O)c2ccc(C(C)(C)C)cc2)CC1. The molecule has 2 aromatic carbocycles. The van der Waals surface area contributed by atoms with Crippen molar-refractivity contribution in [3.05, 3.63) is 70.6 Å². The van der Waals surface area contributed by atoms with Crippen molar-refractivity contribution in [3.8, 4) is 11.5 Å². The van der Waals surface area contributed by atoms with E-state index in [2.05, 4.69) is 30.7 Å². The molecule has 0 aliphatic carbocycles. The normalized spacial score (nSPS) is 16.3. The summed E-state index contributed by atoms with van der Waals surface area (Å²) in [4.78, 5) is 7.22. The van der Waals surface area contributed by atoms with Gasteiger partial charge in [-0.1, -0.05) is 50.6 Å². The number of piperazine rings is 1. The standard InChI is InChI=1S/C25H30ClN3O3S/c1-18-23(27-24(32-18)19-6-5-7-21(26)16-19)17-28-12-14-29(15-13-28)33(30,31)22-10-8-20(9-11-22)25(2,3)4/h5-11,16H,12-15,17H2,1-4H3. The third-order valence-electron chi connectivity index (χ3n) is 6.03. The highest BCUT2D eigenvalue weighted by Gasteiger charge is 2.29. The Morgan fingerprint density at radius 2 is 1.70 bits per heavy atom. The van der Waals surface area contributed by atoms with Crippen LogP contribution in [-0.2, 0) is 22.0 Å². The highest BCUT2D eigenvalue weighted by atomic mass is 35.5. The number of aryl methyl sites for hydroxylation is 1. The van der Waals surface area contributed by atoms with Crippen LogP contribution in [0.25, 0.3) is 11.5 Å². The van der Waals surface area contributed by atoms with Gasteiger partial charge in [0.1, 0.15) is 5.76 Å². The Morgan fingerprint density at radius 3 is 2.30 bits per heavy atom. The minimum Gasteiger partial charge on any atom is -0.441 e. The van der Waals surface area contributed by atoms with Crippen molar-refractivity contribution in [1.29, 1.82) is 0 Å². The Hall–Kier alpha value is -2.19. The number of hydrogen-bond acceptors (Lipinski definition) is 5. The van der Waals surface area contributed by atoms with Crippen molar-refractivity contribution < 1.29 is 12.8 Å². The number of benzene rings is 2. The van der Waals surface area contributed by atoms with Crippen LogP contribution in [0, 0.1) is 6.92 Å². The van der Waals surface area contributed by atoms with E-state index in [1.807, 2.05) is 43.3 Å². The van der Waals surface area contributed by atoms with Gasteiger partial charge < -0.3 is 4.42 Å². The summed E-state index contributed by atoms with van der Waals surface area (Å²) in [5.74, 6) is 1.31. The molecule has 0 radical (unpaired) electrons. The monoisotopic (exact) mass is 487 g/mol. The Labute approximate surface area is 201 Å². The van der Waals surface area contributed by atoms with Crippen molar-refractivity contribution >= 4 is 21.6 Å². The molecule has 1 fully saturated rings. The predicted octanol–water partition coefficient (Wildman–Crippen LogP) is 5.11. The van der Waals surface area contributed by atoms with Gasteiger partial charge in [-0.25, -0.2) is 13.4 Å². The van der Waals surface area contributed by atoms with Gasteiger partial charge in [0.2, 0.25) is 15.9 Å². The molecule has 1 saturated heterocycles. The molecule has 1 aliphatic heterocycles. The van der Waals surface area contributed by atoms with Gasteiger partial charge >= 0.3 is 0 Å². The minimum atomic E-state index is -3.50. The lowest BCUT2D eigenvalue weighted by molar-refractivity contribution is 0.179. The molecule has 0 unspecified atom stereocenters. The van der Waals surface area contributed by atoms with Crippen LogP contribution in [0.5, 0.6) is 0 Å². The van der Waals surface area contributed by atoms with E-state index in [-0.39, 0.29) is 5.41 Å². The highest BCUT2D eigenvalue weighted by Crippen LogP contribution is 2.27. The van der Waals surface area contributed by atoms with Gasteiger partial charge in [0.05, 0.1) is 10.6 Å². The minimum absolute atomic E-state index is 0.0141. The van der Waals surface area contributed by atoms with Crippen LogP contribution in [0.1, 0.15) is 37.8 Å². The van der Waals surface area contributed by atoms with Crippen molar-refractivity contribution in [3.63, 3.8) is 0 Å². The largest absolute Gasteiger partial charge is 0.441 e. The fourth-order valence-corrected chi connectivity index (χ4v) is 5.55. The van der Waals surface area contributed by atoms with E-state index in [4.69, 9.17) is 16.0 Å². The number of oxazole rings is 1. The van der Waals surface area contributed by atoms with Gasteiger partial charge in [-0.15, -0.1) is 0 Å². The zero-order valence-corrected chi connectivity index (χ0v) is 21.1. The fraction of sp³-hybridized carbons (Fsp3) is 0.400. The van der Waals surface area contributed by atoms with Gasteiger partial charge in [0, 0.05) is 43.3 Å². The van der Waals surface area contributed by atoms with Crippen molar-refractivity contribution in [1.82, 2.24) is 14.2 Å². The van der Waals surface area contributed by atoms with Gasteiger partial charge in [-0.3, -0.25) is 4.90 Å². The lowest BCUT2D eigenvalue weighted by atomic mass is 9.87. The Balaban J connectivity index is 1.40. The zero-order chi connectivity index (χ0) is 23.8. The molecule has 6 nitrogen and oxygen atoms in total. The molecule has 1 aliphatic rings. The van der Waals surface area contributed by atoms with Crippen LogP contribution >= 0.6 is 11.6 Å². The average molecular weight is 488 g/mol. The van der Waals surface area contributed by atoms with Crippen LogP contribution in [0.4, 0.5) is 0 Å². The zero-order valence-electron chi connectivity index (χ0n) is 19.5. The lowest BCUT2D eigenvalue weighted by Gasteiger charge is -2.33. The summed E-state index contributed by atoms with van der Waals surface area (Å²) in [6.07, 6.45) is 0. The molecular weight excluding hydrogens is 458 g/mol. The maximum atomic E-state index is 13.1. The number of rotatable bonds is 5. The Bertz CT molecular complexity index is 1220. The molecule has 0 amide bonds. The van der Waals surface area contributed by atoms with Crippen molar-refractivity contribution in [2.75, 3.05) is 26.2 Å². The van der Waals surface area contributed by atoms with Crippen LogP contribution in [-0.4, -0.2) is 48.8 Å². The number of hydrogen-bond donors (Lipinski definition) is 0. The van der Waals surface area contributed by atoms with Gasteiger partial charge in [-0.2, -0.15) is 4.31 Å². The summed E-state index contributed by atoms with van der Waals surface area (Å²) >= 11 is 6.09. The fourth-order valence-electron chi connectivity index (χ4n) is 3.94. The maximum absolute atomic E-state index is 13.1. The molecule has 0 N–H and O–H groups in total. The number of sulfonamides is 1. The third kappa shape index (κ3) is 5.32. The smallest absolute Gasteiger partial charge is 0.243 e. The average Bonchev–Trinajstić information content (AvgIpc) is 3.14. The van der Waals surface area contributed by atoms with Crippen LogP contribution in [0.2, 0.25) is 5.02 Å². The molecule has 8 heteroatoms. The Kier molecular flexibility index (Phi) is 6.69. The first-order valence-corrected chi connectivity index (χ1v) is 12.9. The third-order valence-corrected chi connectivity index (χ3v) is 8.17. The van der Waals surface area contributed by atoms with E-state index in [9.17, 15) is 8.42 Å². The van der Waals surface area contributed by atoms with Crippen molar-refractivity contribution in [2.45, 2.75) is 44.6 Å². The van der Waals surface area contributed by atoms with E-state index >= 15 is 0 Å². The molecular formula is C25H30ClN3O3S. The molecule has 1 aromatic heterocycles. The van der Waals surface area contributed by atoms with E-state index in [0.29, 0.717) is 48.5 Å². The van der Waals surface area contributed by atoms with E-state index in [1.165, 1.54) is 0 Å². The second kappa shape index (κ2) is 9.22. The van der Waals surface area contributed by atoms with Crippen LogP contribution in [0.15, 0.2) is 57.8 Å². The van der Waals surface area contributed by atoms with E-state index in [1.54, 1.807) is 16.4 Å². The first-order chi connectivity index (χ1) is 15.5. The highest BCUT2D eigenvalue weighted by molar-refractivity contribution is 7.89. The molecule has 33 heavy (non-hydrogen) atoms. The summed E-state index contributed by atoms with van der Waals surface area (Å²) in [6, 6.07) is 14.7. The second-order valence-corrected chi connectivity index (χ2v) is 11.9. The lowest BCUT2D eigenvalue weighted by Crippen LogP contribution is -2.48. The molecule has 0 spiro atoms. The molecule has 0 atom stereocenters. The molecule has 4 rings (SSSR count). The summed E-state index contributed by atoms with van der Waals surface area (Å²) in [5, 5.41) is 0.635.